The highest BCUT2D eigenvalue weighted by atomic mass is 79.9. The van der Waals surface area contributed by atoms with E-state index < -0.39 is 17.7 Å². The molecule has 0 fully saturated rings. The molecule has 112 valence electrons. The Balaban J connectivity index is 2.50. The van der Waals surface area contributed by atoms with E-state index in [1.54, 1.807) is 12.1 Å². The van der Waals surface area contributed by atoms with Gasteiger partial charge < -0.3 is 15.2 Å². The first-order valence-corrected chi connectivity index (χ1v) is 6.89. The topological polar surface area (TPSA) is 44.5 Å². The Morgan fingerprint density at radius 2 is 1.67 bits per heavy atom. The van der Waals surface area contributed by atoms with E-state index in [2.05, 4.69) is 15.9 Å². The van der Waals surface area contributed by atoms with Crippen LogP contribution in [-0.2, 0) is 0 Å². The Labute approximate surface area is 129 Å². The maximum atomic E-state index is 13.4. The fourth-order valence-electron chi connectivity index (χ4n) is 2.01. The van der Waals surface area contributed by atoms with Gasteiger partial charge in [0.25, 0.3) is 0 Å². The fraction of sp³-hybridized carbons (Fsp3) is 0.200. The van der Waals surface area contributed by atoms with Gasteiger partial charge in [0.05, 0.1) is 24.7 Å². The van der Waals surface area contributed by atoms with Crippen molar-refractivity contribution in [1.82, 2.24) is 0 Å². The van der Waals surface area contributed by atoms with Gasteiger partial charge in [-0.1, -0.05) is 6.07 Å². The standard InChI is InChI=1S/C15H14BrF2NO2/c1-20-13-7-10(16)14(21-2)6-9(13)15(19)8-3-4-11(17)12(18)5-8/h3-7,15H,19H2,1-2H3. The van der Waals surface area contributed by atoms with Crippen LogP contribution in [0, 0.1) is 11.6 Å². The minimum absolute atomic E-state index is 0.441. The van der Waals surface area contributed by atoms with Gasteiger partial charge in [0.15, 0.2) is 11.6 Å². The third-order valence-electron chi connectivity index (χ3n) is 3.14. The molecule has 0 saturated heterocycles. The summed E-state index contributed by atoms with van der Waals surface area (Å²) in [5.41, 5.74) is 7.20. The van der Waals surface area contributed by atoms with Crippen LogP contribution in [0.2, 0.25) is 0 Å². The molecule has 21 heavy (non-hydrogen) atoms. The lowest BCUT2D eigenvalue weighted by atomic mass is 9.98. The number of ether oxygens (including phenoxy) is 2. The molecule has 0 spiro atoms. The highest BCUT2D eigenvalue weighted by Gasteiger charge is 2.18. The molecule has 0 aliphatic carbocycles. The predicted molar refractivity (Wildman–Crippen MR) is 79.6 cm³/mol. The number of rotatable bonds is 4. The Morgan fingerprint density at radius 3 is 2.24 bits per heavy atom. The normalized spacial score (nSPS) is 12.1. The Hall–Kier alpha value is -1.66. The lowest BCUT2D eigenvalue weighted by molar-refractivity contribution is 0.395. The number of hydrogen-bond acceptors (Lipinski definition) is 3. The number of methoxy groups -OCH3 is 2. The van der Waals surface area contributed by atoms with E-state index in [1.165, 1.54) is 20.3 Å². The molecule has 0 aliphatic heterocycles. The molecule has 0 heterocycles. The molecule has 6 heteroatoms. The van der Waals surface area contributed by atoms with Crippen molar-refractivity contribution >= 4 is 15.9 Å². The van der Waals surface area contributed by atoms with Gasteiger partial charge in [0.1, 0.15) is 11.5 Å². The number of halogens is 3. The number of nitrogens with two attached hydrogens (primary N) is 1. The van der Waals surface area contributed by atoms with E-state index in [4.69, 9.17) is 15.2 Å². The molecular weight excluding hydrogens is 344 g/mol. The zero-order valence-corrected chi connectivity index (χ0v) is 13.1. The highest BCUT2D eigenvalue weighted by Crippen LogP contribution is 2.37. The van der Waals surface area contributed by atoms with E-state index in [0.29, 0.717) is 27.1 Å². The molecule has 1 atom stereocenters. The quantitative estimate of drug-likeness (QED) is 0.905. The molecule has 0 aliphatic rings. The summed E-state index contributed by atoms with van der Waals surface area (Å²) in [6.07, 6.45) is 0. The summed E-state index contributed by atoms with van der Waals surface area (Å²) >= 11 is 3.35. The van der Waals surface area contributed by atoms with Gasteiger partial charge in [0.2, 0.25) is 0 Å². The van der Waals surface area contributed by atoms with Gasteiger partial charge in [-0.05, 0) is 45.8 Å². The van der Waals surface area contributed by atoms with Gasteiger partial charge in [-0.3, -0.25) is 0 Å². The third kappa shape index (κ3) is 3.16. The van der Waals surface area contributed by atoms with Crippen molar-refractivity contribution in [2.24, 2.45) is 5.73 Å². The number of benzene rings is 2. The SMILES string of the molecule is COc1cc(C(N)c2ccc(F)c(F)c2)c(OC)cc1Br. The minimum atomic E-state index is -0.939. The molecule has 0 saturated carbocycles. The van der Waals surface area contributed by atoms with E-state index >= 15 is 0 Å². The molecule has 2 rings (SSSR count). The smallest absolute Gasteiger partial charge is 0.159 e. The van der Waals surface area contributed by atoms with Crippen LogP contribution in [0.15, 0.2) is 34.8 Å². The maximum absolute atomic E-state index is 13.4. The van der Waals surface area contributed by atoms with Crippen LogP contribution >= 0.6 is 15.9 Å². The summed E-state index contributed by atoms with van der Waals surface area (Å²) in [7, 11) is 3.04. The first-order chi connectivity index (χ1) is 9.97. The molecular formula is C15H14BrF2NO2. The minimum Gasteiger partial charge on any atom is -0.496 e. The molecule has 2 aromatic carbocycles. The maximum Gasteiger partial charge on any atom is 0.159 e. The first kappa shape index (κ1) is 15.7. The lowest BCUT2D eigenvalue weighted by Crippen LogP contribution is -2.14. The second-order valence-corrected chi connectivity index (χ2v) is 5.23. The van der Waals surface area contributed by atoms with Crippen molar-refractivity contribution in [2.45, 2.75) is 6.04 Å². The summed E-state index contributed by atoms with van der Waals surface area (Å²) in [5, 5.41) is 0. The monoisotopic (exact) mass is 357 g/mol. The summed E-state index contributed by atoms with van der Waals surface area (Å²) < 4.78 is 37.6. The van der Waals surface area contributed by atoms with Crippen molar-refractivity contribution < 1.29 is 18.3 Å². The fourth-order valence-corrected chi connectivity index (χ4v) is 2.50. The average Bonchev–Trinajstić information content (AvgIpc) is 2.49. The van der Waals surface area contributed by atoms with Crippen molar-refractivity contribution in [3.63, 3.8) is 0 Å². The summed E-state index contributed by atoms with van der Waals surface area (Å²) in [5.74, 6) is -0.749. The van der Waals surface area contributed by atoms with Gasteiger partial charge in [-0.2, -0.15) is 0 Å². The van der Waals surface area contributed by atoms with Crippen LogP contribution in [0.4, 0.5) is 8.78 Å². The molecule has 0 amide bonds. The molecule has 2 aromatic rings. The average molecular weight is 358 g/mol. The van der Waals surface area contributed by atoms with Crippen molar-refractivity contribution in [1.29, 1.82) is 0 Å². The van der Waals surface area contributed by atoms with Crippen LogP contribution in [0.5, 0.6) is 11.5 Å². The Bertz CT molecular complexity index is 664. The van der Waals surface area contributed by atoms with Crippen molar-refractivity contribution in [2.75, 3.05) is 14.2 Å². The van der Waals surface area contributed by atoms with Crippen LogP contribution in [0.25, 0.3) is 0 Å². The van der Waals surface area contributed by atoms with Crippen LogP contribution in [-0.4, -0.2) is 14.2 Å². The van der Waals surface area contributed by atoms with E-state index in [1.807, 2.05) is 0 Å². The summed E-state index contributed by atoms with van der Waals surface area (Å²) in [6.45, 7) is 0. The largest absolute Gasteiger partial charge is 0.496 e. The second kappa shape index (κ2) is 6.41. The van der Waals surface area contributed by atoms with Crippen LogP contribution in [0.3, 0.4) is 0 Å². The van der Waals surface area contributed by atoms with Gasteiger partial charge in [0, 0.05) is 5.56 Å². The summed E-state index contributed by atoms with van der Waals surface area (Å²) in [4.78, 5) is 0. The van der Waals surface area contributed by atoms with E-state index in [0.717, 1.165) is 12.1 Å². The second-order valence-electron chi connectivity index (χ2n) is 4.38. The molecule has 3 nitrogen and oxygen atoms in total. The molecule has 2 N–H and O–H groups in total. The molecule has 0 bridgehead atoms. The van der Waals surface area contributed by atoms with Gasteiger partial charge in [-0.25, -0.2) is 8.78 Å². The zero-order valence-electron chi connectivity index (χ0n) is 11.5. The first-order valence-electron chi connectivity index (χ1n) is 6.10. The highest BCUT2D eigenvalue weighted by molar-refractivity contribution is 9.10. The van der Waals surface area contributed by atoms with E-state index in [-0.39, 0.29) is 0 Å². The van der Waals surface area contributed by atoms with Crippen LogP contribution < -0.4 is 15.2 Å². The predicted octanol–water partition coefficient (Wildman–Crippen LogP) is 3.79. The van der Waals surface area contributed by atoms with Crippen molar-refractivity contribution in [3.8, 4) is 11.5 Å². The Kier molecular flexibility index (Phi) is 4.80. The molecule has 1 unspecified atom stereocenters. The zero-order chi connectivity index (χ0) is 15.6. The van der Waals surface area contributed by atoms with Crippen molar-refractivity contribution in [3.05, 3.63) is 57.6 Å². The molecule has 0 radical (unpaired) electrons. The molecule has 0 aromatic heterocycles. The lowest BCUT2D eigenvalue weighted by Gasteiger charge is -2.18. The van der Waals surface area contributed by atoms with Gasteiger partial charge >= 0.3 is 0 Å². The summed E-state index contributed by atoms with van der Waals surface area (Å²) in [6, 6.07) is 6.32. The Morgan fingerprint density at radius 1 is 1.00 bits per heavy atom. The van der Waals surface area contributed by atoms with Crippen LogP contribution in [0.1, 0.15) is 17.2 Å². The third-order valence-corrected chi connectivity index (χ3v) is 3.76. The van der Waals surface area contributed by atoms with E-state index in [9.17, 15) is 8.78 Å². The van der Waals surface area contributed by atoms with Gasteiger partial charge in [-0.15, -0.1) is 0 Å². The number of hydrogen-bond donors (Lipinski definition) is 1.